The van der Waals surface area contributed by atoms with Crippen LogP contribution in [-0.2, 0) is 0 Å². The van der Waals surface area contributed by atoms with Crippen LogP contribution in [0.25, 0.3) is 0 Å². The van der Waals surface area contributed by atoms with Gasteiger partial charge in [0.2, 0.25) is 5.75 Å². The predicted molar refractivity (Wildman–Crippen MR) is 81.9 cm³/mol. The zero-order valence-corrected chi connectivity index (χ0v) is 12.7. The molecule has 0 saturated carbocycles. The first-order valence-electron chi connectivity index (χ1n) is 5.63. The molecular formula is C13H8BrClN2O4. The van der Waals surface area contributed by atoms with Crippen LogP contribution in [0.15, 0.2) is 40.9 Å². The SMILES string of the molecule is O=C(Nc1ccc(Br)c(Cl)c1)c1cccc([N+](=O)[O-])c1O. The van der Waals surface area contributed by atoms with Gasteiger partial charge in [-0.1, -0.05) is 17.7 Å². The molecular weight excluding hydrogens is 364 g/mol. The summed E-state index contributed by atoms with van der Waals surface area (Å²) in [6, 6.07) is 8.48. The lowest BCUT2D eigenvalue weighted by atomic mass is 10.1. The minimum absolute atomic E-state index is 0.191. The number of halogens is 2. The molecule has 0 radical (unpaired) electrons. The van der Waals surface area contributed by atoms with Crippen molar-refractivity contribution in [3.05, 3.63) is 61.6 Å². The average molecular weight is 372 g/mol. The topological polar surface area (TPSA) is 92.5 Å². The van der Waals surface area contributed by atoms with Crippen molar-refractivity contribution in [2.45, 2.75) is 0 Å². The third-order valence-corrected chi connectivity index (χ3v) is 3.87. The van der Waals surface area contributed by atoms with Crippen molar-refractivity contribution in [1.82, 2.24) is 0 Å². The van der Waals surface area contributed by atoms with E-state index < -0.39 is 22.3 Å². The van der Waals surface area contributed by atoms with E-state index in [-0.39, 0.29) is 5.56 Å². The highest BCUT2D eigenvalue weighted by Gasteiger charge is 2.21. The maximum atomic E-state index is 12.1. The number of nitrogens with zero attached hydrogens (tertiary/aromatic N) is 1. The molecule has 2 aromatic carbocycles. The van der Waals surface area contributed by atoms with Gasteiger partial charge in [-0.15, -0.1) is 0 Å². The second kappa shape index (κ2) is 6.11. The summed E-state index contributed by atoms with van der Waals surface area (Å²) < 4.78 is 0.667. The molecule has 2 N–H and O–H groups in total. The molecule has 0 aromatic heterocycles. The minimum Gasteiger partial charge on any atom is -0.502 e. The van der Waals surface area contributed by atoms with E-state index in [1.54, 1.807) is 12.1 Å². The minimum atomic E-state index is -0.761. The van der Waals surface area contributed by atoms with E-state index in [1.165, 1.54) is 18.2 Å². The van der Waals surface area contributed by atoms with Gasteiger partial charge in [-0.3, -0.25) is 14.9 Å². The maximum absolute atomic E-state index is 12.1. The number of amides is 1. The number of rotatable bonds is 3. The number of carbonyl (C=O) groups excluding carboxylic acids is 1. The van der Waals surface area contributed by atoms with Crippen LogP contribution < -0.4 is 5.32 Å². The molecule has 2 rings (SSSR count). The lowest BCUT2D eigenvalue weighted by molar-refractivity contribution is -0.385. The van der Waals surface area contributed by atoms with Gasteiger partial charge in [-0.25, -0.2) is 0 Å². The van der Waals surface area contributed by atoms with Crippen LogP contribution in [0.5, 0.6) is 5.75 Å². The normalized spacial score (nSPS) is 10.2. The van der Waals surface area contributed by atoms with E-state index in [4.69, 9.17) is 11.6 Å². The number of benzene rings is 2. The van der Waals surface area contributed by atoms with Crippen molar-refractivity contribution in [1.29, 1.82) is 0 Å². The molecule has 0 aliphatic heterocycles. The fourth-order valence-electron chi connectivity index (χ4n) is 1.63. The summed E-state index contributed by atoms with van der Waals surface area (Å²) in [4.78, 5) is 22.0. The number of carbonyl (C=O) groups is 1. The van der Waals surface area contributed by atoms with Gasteiger partial charge in [0.15, 0.2) is 0 Å². The largest absolute Gasteiger partial charge is 0.502 e. The number of nitro benzene ring substituents is 1. The molecule has 0 aliphatic rings. The molecule has 21 heavy (non-hydrogen) atoms. The zero-order valence-electron chi connectivity index (χ0n) is 10.3. The lowest BCUT2D eigenvalue weighted by Gasteiger charge is -2.08. The van der Waals surface area contributed by atoms with E-state index in [0.29, 0.717) is 15.2 Å². The Kier molecular flexibility index (Phi) is 4.44. The van der Waals surface area contributed by atoms with Crippen LogP contribution in [0, 0.1) is 10.1 Å². The molecule has 0 atom stereocenters. The van der Waals surface area contributed by atoms with Crippen molar-refractivity contribution >= 4 is 44.8 Å². The monoisotopic (exact) mass is 370 g/mol. The molecule has 108 valence electrons. The number of nitro groups is 1. The van der Waals surface area contributed by atoms with Gasteiger partial charge >= 0.3 is 5.69 Å². The van der Waals surface area contributed by atoms with Gasteiger partial charge in [0.1, 0.15) is 0 Å². The lowest BCUT2D eigenvalue weighted by Crippen LogP contribution is -2.12. The van der Waals surface area contributed by atoms with Crippen LogP contribution >= 0.6 is 27.5 Å². The van der Waals surface area contributed by atoms with E-state index in [9.17, 15) is 20.0 Å². The smallest absolute Gasteiger partial charge is 0.311 e. The summed E-state index contributed by atoms with van der Waals surface area (Å²) in [5.41, 5.74) is -0.321. The molecule has 0 heterocycles. The number of aromatic hydroxyl groups is 1. The van der Waals surface area contributed by atoms with E-state index in [0.717, 1.165) is 6.07 Å². The Balaban J connectivity index is 2.30. The highest BCUT2D eigenvalue weighted by Crippen LogP contribution is 2.30. The second-order valence-corrected chi connectivity index (χ2v) is 5.27. The summed E-state index contributed by atoms with van der Waals surface area (Å²) in [6.45, 7) is 0. The predicted octanol–water partition coefficient (Wildman–Crippen LogP) is 3.97. The van der Waals surface area contributed by atoms with Crippen molar-refractivity contribution in [2.75, 3.05) is 5.32 Å². The Morgan fingerprint density at radius 2 is 2.05 bits per heavy atom. The molecule has 0 fully saturated rings. The first-order valence-corrected chi connectivity index (χ1v) is 6.80. The quantitative estimate of drug-likeness (QED) is 0.631. The van der Waals surface area contributed by atoms with Gasteiger partial charge in [-0.2, -0.15) is 0 Å². The first kappa shape index (κ1) is 15.3. The number of para-hydroxylation sites is 1. The summed E-state index contributed by atoms with van der Waals surface area (Å²) in [5, 5.41) is 23.4. The number of phenols is 1. The molecule has 0 aliphatic carbocycles. The first-order chi connectivity index (χ1) is 9.90. The van der Waals surface area contributed by atoms with Crippen LogP contribution in [0.3, 0.4) is 0 Å². The Bertz CT molecular complexity index is 736. The van der Waals surface area contributed by atoms with Crippen LogP contribution in [0.2, 0.25) is 5.02 Å². The molecule has 8 heteroatoms. The fourth-order valence-corrected chi connectivity index (χ4v) is 2.06. The third kappa shape index (κ3) is 3.32. The average Bonchev–Trinajstić information content (AvgIpc) is 2.42. The van der Waals surface area contributed by atoms with E-state index >= 15 is 0 Å². The maximum Gasteiger partial charge on any atom is 0.311 e. The number of nitrogens with one attached hydrogen (secondary N) is 1. The zero-order chi connectivity index (χ0) is 15.6. The number of hydrogen-bond acceptors (Lipinski definition) is 4. The summed E-state index contributed by atoms with van der Waals surface area (Å²) in [6.07, 6.45) is 0. The highest BCUT2D eigenvalue weighted by molar-refractivity contribution is 9.10. The number of phenolic OH excluding ortho intramolecular Hbond substituents is 1. The van der Waals surface area contributed by atoms with Crippen LogP contribution in [-0.4, -0.2) is 15.9 Å². The molecule has 0 unspecified atom stereocenters. The fraction of sp³-hybridized carbons (Fsp3) is 0. The number of anilines is 1. The van der Waals surface area contributed by atoms with Crippen molar-refractivity contribution in [2.24, 2.45) is 0 Å². The molecule has 0 saturated heterocycles. The van der Waals surface area contributed by atoms with Crippen molar-refractivity contribution in [3.63, 3.8) is 0 Å². The highest BCUT2D eigenvalue weighted by atomic mass is 79.9. The Morgan fingerprint density at radius 1 is 1.33 bits per heavy atom. The van der Waals surface area contributed by atoms with Crippen molar-refractivity contribution < 1.29 is 14.8 Å². The van der Waals surface area contributed by atoms with Crippen molar-refractivity contribution in [3.8, 4) is 5.75 Å². The Hall–Kier alpha value is -2.12. The van der Waals surface area contributed by atoms with Gasteiger partial charge < -0.3 is 10.4 Å². The summed E-state index contributed by atoms with van der Waals surface area (Å²) >= 11 is 9.12. The van der Waals surface area contributed by atoms with Gasteiger partial charge in [0.25, 0.3) is 5.91 Å². The second-order valence-electron chi connectivity index (χ2n) is 4.01. The van der Waals surface area contributed by atoms with E-state index in [2.05, 4.69) is 21.2 Å². The van der Waals surface area contributed by atoms with Gasteiger partial charge in [-0.05, 0) is 40.2 Å². The third-order valence-electron chi connectivity index (χ3n) is 2.63. The Morgan fingerprint density at radius 3 is 2.67 bits per heavy atom. The van der Waals surface area contributed by atoms with Crippen LogP contribution in [0.1, 0.15) is 10.4 Å². The molecule has 6 nitrogen and oxygen atoms in total. The molecule has 1 amide bonds. The van der Waals surface area contributed by atoms with Crippen LogP contribution in [0.4, 0.5) is 11.4 Å². The van der Waals surface area contributed by atoms with E-state index in [1.807, 2.05) is 0 Å². The Labute approximate surface area is 132 Å². The molecule has 2 aromatic rings. The van der Waals surface area contributed by atoms with Gasteiger partial charge in [0.05, 0.1) is 15.5 Å². The summed E-state index contributed by atoms with van der Waals surface area (Å²) in [5.74, 6) is -1.35. The molecule has 0 spiro atoms. The molecule has 0 bridgehead atoms. The number of hydrogen-bond donors (Lipinski definition) is 2. The van der Waals surface area contributed by atoms with Gasteiger partial charge in [0, 0.05) is 16.2 Å². The summed E-state index contributed by atoms with van der Waals surface area (Å²) in [7, 11) is 0. The standard InChI is InChI=1S/C13H8BrClN2O4/c14-9-5-4-7(6-10(9)15)16-13(19)8-2-1-3-11(12(8)18)17(20)21/h1-6,18H,(H,16,19).